The monoisotopic (exact) mass is 493 g/mol. The number of nitrogens with zero attached hydrogens (tertiary/aromatic N) is 6. The molecule has 4 heterocycles. The van der Waals surface area contributed by atoms with E-state index in [1.165, 1.54) is 0 Å². The van der Waals surface area contributed by atoms with Crippen LogP contribution in [0.4, 0.5) is 23.0 Å². The molecule has 3 aromatic heterocycles. The molecule has 0 radical (unpaired) electrons. The zero-order chi connectivity index (χ0) is 24.5. The third-order valence-electron chi connectivity index (χ3n) is 5.82. The van der Waals surface area contributed by atoms with Crippen LogP contribution in [-0.2, 0) is 11.8 Å². The first-order valence-electron chi connectivity index (χ1n) is 11.0. The van der Waals surface area contributed by atoms with Crippen molar-refractivity contribution in [1.29, 1.82) is 0 Å². The lowest BCUT2D eigenvalue weighted by atomic mass is 10.1. The summed E-state index contributed by atoms with van der Waals surface area (Å²) >= 11 is 6.57. The zero-order valence-electron chi connectivity index (χ0n) is 19.2. The van der Waals surface area contributed by atoms with Gasteiger partial charge in [0.15, 0.2) is 17.3 Å². The number of pyridine rings is 1. The lowest BCUT2D eigenvalue weighted by Gasteiger charge is -2.29. The molecule has 1 aromatic carbocycles. The van der Waals surface area contributed by atoms with E-state index < -0.39 is 5.91 Å². The smallest absolute Gasteiger partial charge is 0.271 e. The Hall–Kier alpha value is -3.96. The normalized spacial score (nSPS) is 13.7. The van der Waals surface area contributed by atoms with Crippen LogP contribution in [0.1, 0.15) is 10.5 Å². The summed E-state index contributed by atoms with van der Waals surface area (Å²) in [6.07, 6.45) is 5.05. The molecule has 0 bridgehead atoms. The highest BCUT2D eigenvalue weighted by Crippen LogP contribution is 2.34. The van der Waals surface area contributed by atoms with Gasteiger partial charge in [0, 0.05) is 39.1 Å². The van der Waals surface area contributed by atoms with Crippen LogP contribution in [0.3, 0.4) is 0 Å². The molecule has 4 N–H and O–H groups in total. The first-order valence-corrected chi connectivity index (χ1v) is 11.4. The van der Waals surface area contributed by atoms with Crippen molar-refractivity contribution in [3.63, 3.8) is 0 Å². The molecular weight excluding hydrogens is 470 g/mol. The molecule has 11 nitrogen and oxygen atoms in total. The van der Waals surface area contributed by atoms with E-state index in [1.807, 2.05) is 23.7 Å². The molecule has 0 aliphatic carbocycles. The van der Waals surface area contributed by atoms with Gasteiger partial charge in [-0.15, -0.1) is 0 Å². The van der Waals surface area contributed by atoms with Crippen molar-refractivity contribution in [2.75, 3.05) is 48.9 Å². The number of aromatic nitrogens is 5. The topological polar surface area (TPSA) is 136 Å². The number of halogens is 1. The molecule has 1 aliphatic rings. The van der Waals surface area contributed by atoms with Crippen LogP contribution in [0.2, 0.25) is 5.02 Å². The summed E-state index contributed by atoms with van der Waals surface area (Å²) in [5.41, 5.74) is 9.81. The van der Waals surface area contributed by atoms with E-state index in [4.69, 9.17) is 22.1 Å². The highest BCUT2D eigenvalue weighted by Gasteiger charge is 2.22. The van der Waals surface area contributed by atoms with Gasteiger partial charge in [0.2, 0.25) is 0 Å². The summed E-state index contributed by atoms with van der Waals surface area (Å²) in [5.74, 6) is -0.0727. The van der Waals surface area contributed by atoms with Crippen LogP contribution in [0.5, 0.6) is 0 Å². The molecule has 180 valence electrons. The Morgan fingerprint density at radius 1 is 1.17 bits per heavy atom. The molecule has 1 fully saturated rings. The van der Waals surface area contributed by atoms with Crippen molar-refractivity contribution in [2.45, 2.75) is 0 Å². The summed E-state index contributed by atoms with van der Waals surface area (Å²) in [4.78, 5) is 32.5. The number of imidazole rings is 1. The van der Waals surface area contributed by atoms with Crippen LogP contribution >= 0.6 is 11.6 Å². The number of carbonyl (C=O) groups is 1. The fraction of sp³-hybridized carbons (Fsp3) is 0.261. The van der Waals surface area contributed by atoms with Gasteiger partial charge in [-0.05, 0) is 18.2 Å². The van der Waals surface area contributed by atoms with Gasteiger partial charge in [0.05, 0.1) is 47.5 Å². The van der Waals surface area contributed by atoms with Crippen molar-refractivity contribution in [3.05, 3.63) is 47.6 Å². The Labute approximate surface area is 206 Å². The number of hydrogen-bond acceptors (Lipinski definition) is 9. The number of carbonyl (C=O) groups excluding carboxylic acids is 1. The number of fused-ring (bicyclic) bond motifs is 1. The van der Waals surface area contributed by atoms with Gasteiger partial charge in [-0.25, -0.2) is 15.0 Å². The third kappa shape index (κ3) is 4.31. The number of amides is 1. The lowest BCUT2D eigenvalue weighted by Crippen LogP contribution is -2.36. The molecule has 35 heavy (non-hydrogen) atoms. The largest absolute Gasteiger partial charge is 0.378 e. The summed E-state index contributed by atoms with van der Waals surface area (Å²) in [5, 5.41) is 6.76. The Bertz CT molecular complexity index is 1420. The number of benzene rings is 1. The molecule has 4 aromatic rings. The summed E-state index contributed by atoms with van der Waals surface area (Å²) < 4.78 is 7.27. The quantitative estimate of drug-likeness (QED) is 0.370. The van der Waals surface area contributed by atoms with Gasteiger partial charge in [0.25, 0.3) is 5.91 Å². The average molecular weight is 494 g/mol. The first-order chi connectivity index (χ1) is 17.0. The number of anilines is 4. The number of ether oxygens (including phenoxy) is 1. The molecule has 1 aliphatic heterocycles. The van der Waals surface area contributed by atoms with E-state index in [-0.39, 0.29) is 11.5 Å². The molecule has 12 heteroatoms. The predicted molar refractivity (Wildman–Crippen MR) is 135 cm³/mol. The highest BCUT2D eigenvalue weighted by atomic mass is 35.5. The second-order valence-corrected chi connectivity index (χ2v) is 8.44. The summed E-state index contributed by atoms with van der Waals surface area (Å²) in [6.45, 7) is 2.87. The van der Waals surface area contributed by atoms with Gasteiger partial charge < -0.3 is 30.6 Å². The van der Waals surface area contributed by atoms with Gasteiger partial charge >= 0.3 is 0 Å². The standard InChI is InChI=1S/C23H24ClN9O2/c1-26-22-19(14-10-27-11-17-18(14)28-12-32(17)2)30-20(21(25)34)23(31-22)29-13-3-4-16(15(24)9-13)33-5-7-35-8-6-33/h3-4,9-12H,5-8H2,1-2H3,(H2,25,34)(H2,26,29,31). The van der Waals surface area contributed by atoms with E-state index in [0.29, 0.717) is 46.5 Å². The van der Waals surface area contributed by atoms with Crippen LogP contribution in [0.15, 0.2) is 36.9 Å². The maximum Gasteiger partial charge on any atom is 0.271 e. The minimum atomic E-state index is -0.721. The number of nitrogens with one attached hydrogen (secondary N) is 2. The second kappa shape index (κ2) is 9.35. The maximum atomic E-state index is 12.4. The van der Waals surface area contributed by atoms with E-state index in [0.717, 1.165) is 24.3 Å². The maximum absolute atomic E-state index is 12.4. The van der Waals surface area contributed by atoms with E-state index in [9.17, 15) is 4.79 Å². The van der Waals surface area contributed by atoms with Crippen LogP contribution in [0.25, 0.3) is 22.3 Å². The highest BCUT2D eigenvalue weighted by molar-refractivity contribution is 6.33. The summed E-state index contributed by atoms with van der Waals surface area (Å²) in [6, 6.07) is 5.58. The van der Waals surface area contributed by atoms with Crippen LogP contribution < -0.4 is 21.3 Å². The molecular formula is C23H24ClN9O2. The Morgan fingerprint density at radius 2 is 1.97 bits per heavy atom. The number of rotatable bonds is 6. The number of nitrogens with two attached hydrogens (primary N) is 1. The molecule has 0 unspecified atom stereocenters. The number of primary amides is 1. The Kier molecular flexibility index (Phi) is 6.10. The minimum absolute atomic E-state index is 0.0136. The van der Waals surface area contributed by atoms with Crippen LogP contribution in [0, 0.1) is 0 Å². The van der Waals surface area contributed by atoms with Crippen molar-refractivity contribution >= 4 is 51.6 Å². The number of morpholine rings is 1. The fourth-order valence-corrected chi connectivity index (χ4v) is 4.35. The van der Waals surface area contributed by atoms with Gasteiger partial charge in [-0.2, -0.15) is 0 Å². The molecule has 1 saturated heterocycles. The Balaban J connectivity index is 1.54. The van der Waals surface area contributed by atoms with E-state index >= 15 is 0 Å². The van der Waals surface area contributed by atoms with Crippen molar-refractivity contribution in [3.8, 4) is 11.3 Å². The molecule has 1 amide bonds. The van der Waals surface area contributed by atoms with Gasteiger partial charge in [-0.1, -0.05) is 11.6 Å². The predicted octanol–water partition coefficient (Wildman–Crippen LogP) is 2.80. The fourth-order valence-electron chi connectivity index (χ4n) is 4.05. The van der Waals surface area contributed by atoms with Crippen molar-refractivity contribution in [1.82, 2.24) is 24.5 Å². The van der Waals surface area contributed by atoms with Crippen LogP contribution in [-0.4, -0.2) is 63.8 Å². The first kappa shape index (κ1) is 22.8. The lowest BCUT2D eigenvalue weighted by molar-refractivity contribution is 0.0996. The molecule has 0 atom stereocenters. The van der Waals surface area contributed by atoms with E-state index in [2.05, 4.69) is 35.5 Å². The Morgan fingerprint density at radius 3 is 2.69 bits per heavy atom. The minimum Gasteiger partial charge on any atom is -0.378 e. The molecule has 0 spiro atoms. The SMILES string of the molecule is CNc1nc(Nc2ccc(N3CCOCC3)c(Cl)c2)c(C(N)=O)nc1-c1cncc2c1ncn2C. The second-order valence-electron chi connectivity index (χ2n) is 8.03. The third-order valence-corrected chi connectivity index (χ3v) is 6.12. The van der Waals surface area contributed by atoms with Crippen molar-refractivity contribution in [2.24, 2.45) is 12.8 Å². The van der Waals surface area contributed by atoms with E-state index in [1.54, 1.807) is 31.8 Å². The number of hydrogen-bond donors (Lipinski definition) is 3. The van der Waals surface area contributed by atoms with Gasteiger partial charge in [0.1, 0.15) is 11.2 Å². The van der Waals surface area contributed by atoms with Crippen molar-refractivity contribution < 1.29 is 9.53 Å². The summed E-state index contributed by atoms with van der Waals surface area (Å²) in [7, 11) is 3.60. The molecule has 0 saturated carbocycles. The molecule has 5 rings (SSSR count). The zero-order valence-corrected chi connectivity index (χ0v) is 20.0. The number of aryl methyl sites for hydroxylation is 1. The van der Waals surface area contributed by atoms with Gasteiger partial charge in [-0.3, -0.25) is 9.78 Å². The average Bonchev–Trinajstić information content (AvgIpc) is 3.25.